The minimum atomic E-state index is -0.0316. The fourth-order valence-electron chi connectivity index (χ4n) is 8.31. The quantitative estimate of drug-likeness (QED) is 0.211. The number of rotatable bonds is 4. The predicted octanol–water partition coefficient (Wildman–Crippen LogP) is 7.19. The molecule has 3 unspecified atom stereocenters. The topological polar surface area (TPSA) is 21.3 Å². The van der Waals surface area contributed by atoms with Crippen LogP contribution in [0.1, 0.15) is 63.8 Å². The molecule has 198 valence electrons. The summed E-state index contributed by atoms with van der Waals surface area (Å²) >= 11 is 0. The molecule has 5 heterocycles. The van der Waals surface area contributed by atoms with Crippen molar-refractivity contribution in [3.05, 3.63) is 89.4 Å². The molecule has 4 nitrogen and oxygen atoms in total. The molecule has 0 saturated heterocycles. The van der Waals surface area contributed by atoms with Gasteiger partial charge >= 0.3 is 0 Å². The third-order valence-corrected chi connectivity index (χ3v) is 10.0. The average Bonchev–Trinajstić information content (AvgIpc) is 3.41. The fraction of sp³-hybridized carbons (Fsp3) is 0.400. The van der Waals surface area contributed by atoms with Crippen LogP contribution in [0.2, 0.25) is 0 Å². The summed E-state index contributed by atoms with van der Waals surface area (Å²) in [6.45, 7) is 6.88. The number of para-hydroxylation sites is 2. The van der Waals surface area contributed by atoms with E-state index in [1.807, 2.05) is 0 Å². The van der Waals surface area contributed by atoms with Crippen molar-refractivity contribution < 1.29 is 9.30 Å². The second-order valence-corrected chi connectivity index (χ2v) is 12.2. The van der Waals surface area contributed by atoms with Gasteiger partial charge in [0.25, 0.3) is 5.82 Å². The maximum atomic E-state index is 7.04. The van der Waals surface area contributed by atoms with Crippen molar-refractivity contribution in [1.29, 1.82) is 0 Å². The Morgan fingerprint density at radius 3 is 2.67 bits per heavy atom. The van der Waals surface area contributed by atoms with Crippen molar-refractivity contribution in [1.82, 2.24) is 4.57 Å². The first-order valence-electron chi connectivity index (χ1n) is 15.0. The molecule has 4 aliphatic rings. The van der Waals surface area contributed by atoms with Crippen molar-refractivity contribution in [2.45, 2.75) is 76.5 Å². The number of ether oxygens (including phenoxy) is 1. The molecule has 8 rings (SSSR count). The number of allylic oxidation sites excluding steroid dienone is 1. The summed E-state index contributed by atoms with van der Waals surface area (Å²) in [7, 11) is 2.22. The van der Waals surface area contributed by atoms with E-state index >= 15 is 0 Å². The van der Waals surface area contributed by atoms with Gasteiger partial charge in [-0.15, -0.1) is 0 Å². The number of imidazole rings is 1. The summed E-state index contributed by atoms with van der Waals surface area (Å²) in [5.74, 6) is 1.31. The van der Waals surface area contributed by atoms with Gasteiger partial charge in [0.15, 0.2) is 11.0 Å². The Hall–Kier alpha value is -3.37. The molecule has 39 heavy (non-hydrogen) atoms. The number of hydrogen-bond acceptors (Lipinski definition) is 2. The van der Waals surface area contributed by atoms with Gasteiger partial charge in [0.1, 0.15) is 0 Å². The zero-order chi connectivity index (χ0) is 26.3. The van der Waals surface area contributed by atoms with Crippen LogP contribution in [-0.4, -0.2) is 23.3 Å². The molecule has 0 radical (unpaired) electrons. The van der Waals surface area contributed by atoms with Gasteiger partial charge in [0.2, 0.25) is 0 Å². The van der Waals surface area contributed by atoms with Crippen LogP contribution in [0.3, 0.4) is 0 Å². The zero-order valence-electron chi connectivity index (χ0n) is 23.4. The molecular formula is C35H38N3O+. The molecule has 0 saturated carbocycles. The fourth-order valence-corrected chi connectivity index (χ4v) is 8.31. The number of benzene rings is 3. The van der Waals surface area contributed by atoms with E-state index in [1.54, 1.807) is 0 Å². The van der Waals surface area contributed by atoms with Gasteiger partial charge in [-0.05, 0) is 60.4 Å². The average molecular weight is 517 g/mol. The van der Waals surface area contributed by atoms with Crippen LogP contribution in [0, 0.1) is 0 Å². The van der Waals surface area contributed by atoms with Gasteiger partial charge in [0.05, 0.1) is 31.4 Å². The molecule has 0 fully saturated rings. The highest BCUT2D eigenvalue weighted by molar-refractivity contribution is 5.95. The van der Waals surface area contributed by atoms with E-state index in [4.69, 9.17) is 4.74 Å². The van der Waals surface area contributed by atoms with Crippen molar-refractivity contribution in [2.75, 3.05) is 11.4 Å². The van der Waals surface area contributed by atoms with E-state index in [2.05, 4.69) is 102 Å². The van der Waals surface area contributed by atoms with Gasteiger partial charge in [-0.2, -0.15) is 0 Å². The lowest BCUT2D eigenvalue weighted by molar-refractivity contribution is -0.648. The number of aryl methyl sites for hydroxylation is 2. The van der Waals surface area contributed by atoms with Crippen LogP contribution in [0.5, 0.6) is 0 Å². The Bertz CT molecular complexity index is 1710. The monoisotopic (exact) mass is 516 g/mol. The summed E-state index contributed by atoms with van der Waals surface area (Å²) in [6, 6.07) is 22.5. The molecule has 4 heteroatoms. The van der Waals surface area contributed by atoms with Gasteiger partial charge in [0, 0.05) is 35.3 Å². The third-order valence-electron chi connectivity index (χ3n) is 10.0. The van der Waals surface area contributed by atoms with Crippen LogP contribution in [-0.2, 0) is 23.7 Å². The molecule has 0 N–H and O–H groups in total. The van der Waals surface area contributed by atoms with Crippen LogP contribution in [0.15, 0.2) is 78.0 Å². The molecule has 3 atom stereocenters. The van der Waals surface area contributed by atoms with Crippen molar-refractivity contribution >= 4 is 33.1 Å². The highest BCUT2D eigenvalue weighted by Crippen LogP contribution is 2.57. The number of hydrogen-bond donors (Lipinski definition) is 0. The first-order valence-corrected chi connectivity index (χ1v) is 15.0. The van der Waals surface area contributed by atoms with E-state index in [9.17, 15) is 0 Å². The molecule has 4 aliphatic heterocycles. The van der Waals surface area contributed by atoms with Crippen molar-refractivity contribution in [3.63, 3.8) is 0 Å². The Balaban J connectivity index is 1.38. The molecule has 0 bridgehead atoms. The number of unbranched alkanes of at least 4 members (excludes halogenated alkanes) is 2. The SMILES string of the molecule is CCCCCC1(C)C2=C3C=C4c5n(c6ccccc6[n+]5C)CCC4OC3CCN2c2ccc3ccccc3c21. The predicted molar refractivity (Wildman–Crippen MR) is 159 cm³/mol. The van der Waals surface area contributed by atoms with E-state index < -0.39 is 0 Å². The van der Waals surface area contributed by atoms with Gasteiger partial charge < -0.3 is 9.64 Å². The van der Waals surface area contributed by atoms with Gasteiger partial charge in [-0.1, -0.05) is 68.7 Å². The Labute approximate surface area is 231 Å². The summed E-state index contributed by atoms with van der Waals surface area (Å²) in [5.41, 5.74) is 9.81. The van der Waals surface area contributed by atoms with E-state index in [-0.39, 0.29) is 17.6 Å². The minimum absolute atomic E-state index is 0.0316. The lowest BCUT2D eigenvalue weighted by atomic mass is 9.72. The first-order chi connectivity index (χ1) is 19.1. The molecule has 4 aromatic rings. The van der Waals surface area contributed by atoms with Crippen LogP contribution < -0.4 is 9.47 Å². The van der Waals surface area contributed by atoms with Crippen molar-refractivity contribution in [3.8, 4) is 0 Å². The Morgan fingerprint density at radius 2 is 1.77 bits per heavy atom. The normalized spacial score (nSPS) is 25.3. The van der Waals surface area contributed by atoms with E-state index in [0.29, 0.717) is 0 Å². The first kappa shape index (κ1) is 23.5. The molecule has 0 aliphatic carbocycles. The lowest BCUT2D eigenvalue weighted by Gasteiger charge is -2.42. The molecular weight excluding hydrogens is 478 g/mol. The summed E-state index contributed by atoms with van der Waals surface area (Å²) in [4.78, 5) is 2.67. The number of aromatic nitrogens is 2. The number of nitrogens with zero attached hydrogens (tertiary/aromatic N) is 3. The largest absolute Gasteiger partial charge is 0.365 e. The molecule has 3 aromatic carbocycles. The highest BCUT2D eigenvalue weighted by Gasteiger charge is 2.50. The standard InChI is InChI=1S/C35H38N3O/c1-4-5-10-19-35(2)32-24-12-7-6-11-23(24)15-16-29(32)37-20-17-30-25(33(35)37)22-26-31(39-30)18-21-38-28-14-9-8-13-27(28)36(3)34(26)38/h6-9,11-16,22,30-31H,4-5,10,17-21H2,1-3H3/q+1. The Morgan fingerprint density at radius 1 is 0.949 bits per heavy atom. The molecule has 0 amide bonds. The van der Waals surface area contributed by atoms with Gasteiger partial charge in [-0.3, -0.25) is 0 Å². The second kappa shape index (κ2) is 8.56. The van der Waals surface area contributed by atoms with Gasteiger partial charge in [-0.25, -0.2) is 9.13 Å². The summed E-state index contributed by atoms with van der Waals surface area (Å²) < 4.78 is 11.9. The van der Waals surface area contributed by atoms with Crippen molar-refractivity contribution in [2.24, 2.45) is 7.05 Å². The van der Waals surface area contributed by atoms with E-state index in [0.717, 1.165) is 25.9 Å². The Kier molecular flexibility index (Phi) is 5.16. The number of anilines is 1. The smallest absolute Gasteiger partial charge is 0.288 e. The highest BCUT2D eigenvalue weighted by atomic mass is 16.5. The van der Waals surface area contributed by atoms with Crippen LogP contribution in [0.25, 0.3) is 27.4 Å². The van der Waals surface area contributed by atoms with Crippen LogP contribution in [0.4, 0.5) is 5.69 Å². The summed E-state index contributed by atoms with van der Waals surface area (Å²) in [5, 5.41) is 2.77. The zero-order valence-corrected chi connectivity index (χ0v) is 23.4. The second-order valence-electron chi connectivity index (χ2n) is 12.2. The molecule has 0 spiro atoms. The van der Waals surface area contributed by atoms with E-state index in [1.165, 1.54) is 81.4 Å². The third kappa shape index (κ3) is 3.18. The minimum Gasteiger partial charge on any atom is -0.365 e. The maximum absolute atomic E-state index is 7.04. The summed E-state index contributed by atoms with van der Waals surface area (Å²) in [6.07, 6.45) is 9.94. The number of fused-ring (bicyclic) bond motifs is 11. The lowest BCUT2D eigenvalue weighted by Crippen LogP contribution is -2.45. The molecule has 1 aromatic heterocycles. The van der Waals surface area contributed by atoms with Crippen LogP contribution >= 0.6 is 0 Å². The maximum Gasteiger partial charge on any atom is 0.288 e.